The van der Waals surface area contributed by atoms with Crippen LogP contribution in [0.3, 0.4) is 0 Å². The second-order valence-electron chi connectivity index (χ2n) is 5.82. The Labute approximate surface area is 152 Å². The van der Waals surface area contributed by atoms with Gasteiger partial charge in [0, 0.05) is 13.1 Å². The van der Waals surface area contributed by atoms with Crippen molar-refractivity contribution in [1.29, 1.82) is 0 Å². The smallest absolute Gasteiger partial charge is 0.404 e. The van der Waals surface area contributed by atoms with Crippen LogP contribution in [0.5, 0.6) is 5.75 Å². The summed E-state index contributed by atoms with van der Waals surface area (Å²) in [7, 11) is 0. The lowest BCUT2D eigenvalue weighted by Gasteiger charge is -2.19. The number of carbonyl (C=O) groups excluding carboxylic acids is 2. The van der Waals surface area contributed by atoms with Crippen molar-refractivity contribution in [2.24, 2.45) is 11.5 Å². The van der Waals surface area contributed by atoms with Gasteiger partial charge < -0.3 is 26.6 Å². The van der Waals surface area contributed by atoms with Crippen molar-refractivity contribution < 1.29 is 24.2 Å². The van der Waals surface area contributed by atoms with Gasteiger partial charge in [0.2, 0.25) is 11.8 Å². The van der Waals surface area contributed by atoms with Gasteiger partial charge in [-0.25, -0.2) is 4.79 Å². The lowest BCUT2D eigenvalue weighted by atomic mass is 10.1. The molecule has 0 unspecified atom stereocenters. The summed E-state index contributed by atoms with van der Waals surface area (Å²) in [6, 6.07) is 7.59. The van der Waals surface area contributed by atoms with Gasteiger partial charge in [0.05, 0.1) is 13.1 Å². The zero-order valence-corrected chi connectivity index (χ0v) is 14.6. The molecule has 0 saturated heterocycles. The third-order valence-electron chi connectivity index (χ3n) is 3.53. The van der Waals surface area contributed by atoms with Gasteiger partial charge in [-0.2, -0.15) is 0 Å². The van der Waals surface area contributed by atoms with Crippen molar-refractivity contribution in [3.8, 4) is 5.75 Å². The van der Waals surface area contributed by atoms with Crippen LogP contribution in [-0.2, 0) is 16.0 Å². The summed E-state index contributed by atoms with van der Waals surface area (Å²) in [5.74, 6) is -0.386. The average Bonchev–Trinajstić information content (AvgIpc) is 2.54. The number of carbonyl (C=O) groups is 3. The number of aryl methyl sites for hydroxylation is 1. The molecule has 0 aromatic heterocycles. The molecular formula is C17H26N4O5. The van der Waals surface area contributed by atoms with Crippen molar-refractivity contribution in [1.82, 2.24) is 10.2 Å². The fourth-order valence-corrected chi connectivity index (χ4v) is 2.35. The molecule has 0 saturated carbocycles. The minimum absolute atomic E-state index is 0.0536. The van der Waals surface area contributed by atoms with E-state index in [0.29, 0.717) is 25.4 Å². The van der Waals surface area contributed by atoms with Gasteiger partial charge in [-0.15, -0.1) is 0 Å². The second kappa shape index (κ2) is 11.7. The maximum absolute atomic E-state index is 11.0. The van der Waals surface area contributed by atoms with Crippen LogP contribution in [0.2, 0.25) is 0 Å². The van der Waals surface area contributed by atoms with E-state index in [0.717, 1.165) is 24.8 Å². The number of ether oxygens (including phenoxy) is 1. The molecule has 0 heterocycles. The first kappa shape index (κ1) is 21.2. The summed E-state index contributed by atoms with van der Waals surface area (Å²) >= 11 is 0. The topological polar surface area (TPSA) is 148 Å². The molecule has 0 aliphatic heterocycles. The van der Waals surface area contributed by atoms with Crippen LogP contribution in [0.1, 0.15) is 18.4 Å². The summed E-state index contributed by atoms with van der Waals surface area (Å²) in [5, 5.41) is 10.8. The van der Waals surface area contributed by atoms with Crippen LogP contribution in [0.15, 0.2) is 24.3 Å². The molecule has 0 aliphatic rings. The van der Waals surface area contributed by atoms with Crippen molar-refractivity contribution in [2.75, 3.05) is 32.8 Å². The number of primary amides is 2. The molecule has 0 spiro atoms. The monoisotopic (exact) mass is 366 g/mol. The van der Waals surface area contributed by atoms with Crippen LogP contribution < -0.4 is 21.5 Å². The Morgan fingerprint density at radius 1 is 1.04 bits per heavy atom. The van der Waals surface area contributed by atoms with Gasteiger partial charge in [0.25, 0.3) is 0 Å². The van der Waals surface area contributed by atoms with Crippen LogP contribution in [0.4, 0.5) is 4.79 Å². The Hall–Kier alpha value is -2.81. The molecular weight excluding hydrogens is 340 g/mol. The Bertz CT molecular complexity index is 575. The first-order chi connectivity index (χ1) is 12.4. The Kier molecular flexibility index (Phi) is 9.55. The number of hydrogen-bond acceptors (Lipinski definition) is 5. The fourth-order valence-electron chi connectivity index (χ4n) is 2.35. The normalized spacial score (nSPS) is 10.5. The van der Waals surface area contributed by atoms with E-state index in [4.69, 9.17) is 21.3 Å². The van der Waals surface area contributed by atoms with E-state index in [1.807, 2.05) is 24.3 Å². The molecule has 1 aromatic rings. The van der Waals surface area contributed by atoms with E-state index in [1.165, 1.54) is 4.90 Å². The molecule has 0 bridgehead atoms. The van der Waals surface area contributed by atoms with E-state index in [1.54, 1.807) is 0 Å². The van der Waals surface area contributed by atoms with Crippen LogP contribution >= 0.6 is 0 Å². The Morgan fingerprint density at radius 2 is 1.65 bits per heavy atom. The Morgan fingerprint density at radius 3 is 2.19 bits per heavy atom. The van der Waals surface area contributed by atoms with E-state index in [-0.39, 0.29) is 13.1 Å². The van der Waals surface area contributed by atoms with Gasteiger partial charge in [0.1, 0.15) is 12.4 Å². The maximum atomic E-state index is 11.0. The van der Waals surface area contributed by atoms with Gasteiger partial charge >= 0.3 is 6.09 Å². The number of amides is 3. The zero-order chi connectivity index (χ0) is 19.4. The van der Waals surface area contributed by atoms with E-state index in [2.05, 4.69) is 5.32 Å². The van der Waals surface area contributed by atoms with Crippen molar-refractivity contribution in [3.05, 3.63) is 29.8 Å². The molecule has 144 valence electrons. The lowest BCUT2D eigenvalue weighted by molar-refractivity contribution is -0.122. The van der Waals surface area contributed by atoms with Gasteiger partial charge in [-0.3, -0.25) is 14.5 Å². The minimum Gasteiger partial charge on any atom is -0.492 e. The molecule has 0 aliphatic carbocycles. The SMILES string of the molecule is NC(=O)CN(CCOc1ccc(CCCCNC(=O)O)cc1)CC(N)=O. The molecule has 26 heavy (non-hydrogen) atoms. The van der Waals surface area contributed by atoms with Gasteiger partial charge in [0.15, 0.2) is 0 Å². The predicted octanol–water partition coefficient (Wildman–Crippen LogP) is -0.0717. The van der Waals surface area contributed by atoms with E-state index in [9.17, 15) is 14.4 Å². The Balaban J connectivity index is 2.31. The highest BCUT2D eigenvalue weighted by molar-refractivity contribution is 5.79. The number of nitrogens with zero attached hydrogens (tertiary/aromatic N) is 1. The average molecular weight is 366 g/mol. The summed E-state index contributed by atoms with van der Waals surface area (Å²) in [4.78, 5) is 33.8. The first-order valence-electron chi connectivity index (χ1n) is 8.34. The number of unbranched alkanes of at least 4 members (excludes halogenated alkanes) is 1. The summed E-state index contributed by atoms with van der Waals surface area (Å²) < 4.78 is 5.60. The van der Waals surface area contributed by atoms with Gasteiger partial charge in [-0.1, -0.05) is 12.1 Å². The third-order valence-corrected chi connectivity index (χ3v) is 3.53. The zero-order valence-electron chi connectivity index (χ0n) is 14.6. The van der Waals surface area contributed by atoms with Crippen LogP contribution in [-0.4, -0.2) is 60.7 Å². The number of benzene rings is 1. The summed E-state index contributed by atoms with van der Waals surface area (Å²) in [5.41, 5.74) is 11.4. The largest absolute Gasteiger partial charge is 0.492 e. The number of rotatable bonds is 13. The quantitative estimate of drug-likeness (QED) is 0.359. The maximum Gasteiger partial charge on any atom is 0.404 e. The third kappa shape index (κ3) is 10.1. The molecule has 9 heteroatoms. The van der Waals surface area contributed by atoms with Crippen LogP contribution in [0.25, 0.3) is 0 Å². The molecule has 3 amide bonds. The van der Waals surface area contributed by atoms with Gasteiger partial charge in [-0.05, 0) is 37.0 Å². The molecule has 0 fully saturated rings. The lowest BCUT2D eigenvalue weighted by Crippen LogP contribution is -2.41. The molecule has 0 radical (unpaired) electrons. The van der Waals surface area contributed by atoms with E-state index < -0.39 is 17.9 Å². The predicted molar refractivity (Wildman–Crippen MR) is 95.7 cm³/mol. The fraction of sp³-hybridized carbons (Fsp3) is 0.471. The number of carboxylic acid groups (broad SMARTS) is 1. The summed E-state index contributed by atoms with van der Waals surface area (Å²) in [6.45, 7) is 0.985. The molecule has 0 atom stereocenters. The molecule has 1 rings (SSSR count). The highest BCUT2D eigenvalue weighted by atomic mass is 16.5. The highest BCUT2D eigenvalue weighted by Gasteiger charge is 2.11. The second-order valence-corrected chi connectivity index (χ2v) is 5.82. The standard InChI is InChI=1S/C17H26N4O5/c18-15(22)11-21(12-16(19)23)9-10-26-14-6-4-13(5-7-14)3-1-2-8-20-17(24)25/h4-7,20H,1-3,8-12H2,(H2,18,22)(H2,19,23)(H,24,25). The molecule has 9 nitrogen and oxygen atoms in total. The number of nitrogens with two attached hydrogens (primary N) is 2. The van der Waals surface area contributed by atoms with E-state index >= 15 is 0 Å². The highest BCUT2D eigenvalue weighted by Crippen LogP contribution is 2.14. The molecule has 6 N–H and O–H groups in total. The number of nitrogens with one attached hydrogen (secondary N) is 1. The minimum atomic E-state index is -1.00. The number of hydrogen-bond donors (Lipinski definition) is 4. The molecule has 1 aromatic carbocycles. The van der Waals surface area contributed by atoms with Crippen LogP contribution in [0, 0.1) is 0 Å². The van der Waals surface area contributed by atoms with Crippen molar-refractivity contribution in [2.45, 2.75) is 19.3 Å². The first-order valence-corrected chi connectivity index (χ1v) is 8.34. The van der Waals surface area contributed by atoms with Crippen molar-refractivity contribution >= 4 is 17.9 Å². The summed E-state index contributed by atoms with van der Waals surface area (Å²) in [6.07, 6.45) is 1.51. The van der Waals surface area contributed by atoms with Crippen molar-refractivity contribution in [3.63, 3.8) is 0 Å².